The normalized spacial score (nSPS) is 19.0. The van der Waals surface area contributed by atoms with Crippen LogP contribution < -0.4 is 92.5 Å². The second-order valence-electron chi connectivity index (χ2n) is 29.5. The lowest BCUT2D eigenvalue weighted by Crippen LogP contribution is -2.58. The van der Waals surface area contributed by atoms with E-state index in [1.54, 1.807) is 60.7 Å². The fourth-order valence-corrected chi connectivity index (χ4v) is 13.5. The molecule has 1 fully saturated rings. The summed E-state index contributed by atoms with van der Waals surface area (Å²) in [7, 11) is 0. The first-order chi connectivity index (χ1) is 56.6. The quantitative estimate of drug-likeness (QED) is 0.0115. The minimum Gasteiger partial charge on any atom is -0.388 e. The molecule has 5 aromatic carbocycles. The first-order valence-corrected chi connectivity index (χ1v) is 40.4. The van der Waals surface area contributed by atoms with Crippen molar-refractivity contribution in [1.82, 2.24) is 63.8 Å². The second-order valence-corrected chi connectivity index (χ2v) is 29.5. The van der Waals surface area contributed by atoms with Crippen LogP contribution in [0.2, 0.25) is 0 Å². The lowest BCUT2D eigenvalue weighted by atomic mass is 9.88. The molecule has 1 aliphatic rings. The van der Waals surface area contributed by atoms with Crippen LogP contribution in [0.3, 0.4) is 0 Å². The van der Waals surface area contributed by atoms with Gasteiger partial charge in [-0.25, -0.2) is 0 Å². The van der Waals surface area contributed by atoms with Crippen molar-refractivity contribution < 1.29 is 62.3 Å². The van der Waals surface area contributed by atoms with E-state index in [0.29, 0.717) is 54.4 Å². The number of nitrogens with one attached hydrogen (secondary N) is 16. The number of fused-ring (bicyclic) bond motifs is 1. The molecular weight excluding hydrogens is 1510 g/mol. The molecule has 26 N–H and O–H groups in total. The van der Waals surface area contributed by atoms with Gasteiger partial charge in [-0.15, -0.1) is 0 Å². The number of amides is 10. The zero-order chi connectivity index (χ0) is 85.7. The number of ketones is 2. The van der Waals surface area contributed by atoms with Crippen molar-refractivity contribution in [3.63, 3.8) is 0 Å². The number of guanidine groups is 3. The first kappa shape index (κ1) is 94.5. The zero-order valence-electron chi connectivity index (χ0n) is 67.2. The number of amidine groups is 1. The van der Waals surface area contributed by atoms with Crippen LogP contribution in [0.4, 0.5) is 0 Å². The molecule has 6 rings (SSSR count). The largest absolute Gasteiger partial charge is 0.388 e. The average molecular weight is 1630 g/mol. The fourth-order valence-electron chi connectivity index (χ4n) is 13.5. The Hall–Kier alpha value is -12.4. The van der Waals surface area contributed by atoms with Crippen LogP contribution in [0.1, 0.15) is 168 Å². The number of carbonyl (C=O) groups is 12. The molecule has 0 saturated carbocycles. The summed E-state index contributed by atoms with van der Waals surface area (Å²) in [6, 6.07) is 26.5. The highest BCUT2D eigenvalue weighted by atomic mass is 16.5. The number of primary amides is 1. The summed E-state index contributed by atoms with van der Waals surface area (Å²) in [6.45, 7) is 2.84. The molecule has 9 unspecified atom stereocenters. The summed E-state index contributed by atoms with van der Waals surface area (Å²) < 4.78 is 5.62. The molecule has 1 aliphatic heterocycles. The lowest BCUT2D eigenvalue weighted by molar-refractivity contribution is -0.136. The summed E-state index contributed by atoms with van der Waals surface area (Å²) in [5.74, 6) is -11.2. The highest BCUT2D eigenvalue weighted by Gasteiger charge is 2.37. The molecule has 0 aromatic heterocycles. The Morgan fingerprint density at radius 2 is 0.924 bits per heavy atom. The van der Waals surface area contributed by atoms with Crippen molar-refractivity contribution in [2.75, 3.05) is 39.4 Å². The van der Waals surface area contributed by atoms with Crippen LogP contribution >= 0.6 is 0 Å². The smallest absolute Gasteiger partial charge is 0.243 e. The van der Waals surface area contributed by atoms with Gasteiger partial charge in [0, 0.05) is 95.3 Å². The molecule has 9 atom stereocenters. The lowest BCUT2D eigenvalue weighted by Gasteiger charge is -2.28. The molecule has 0 radical (unpaired) electrons. The van der Waals surface area contributed by atoms with Crippen LogP contribution in [0.25, 0.3) is 10.8 Å². The fraction of sp³-hybridized carbons (Fsp3) is 0.476. The predicted octanol–water partition coefficient (Wildman–Crippen LogP) is 2.20. The van der Waals surface area contributed by atoms with Crippen molar-refractivity contribution >= 4 is 105 Å². The molecule has 0 bridgehead atoms. The molecule has 1 saturated heterocycles. The standard InChI is InChI=1S/C84H119N21O13/c1-2-53-32-36-58(37-33-53)69(106)30-18-45-118-46-40-72(108)94-41-14-13-26-62(75(87)111)99-73(109)39-38-66-80(116)105-68(50-55-21-7-4-8-22-55)81(117)104-67(49-54-19-5-3-6-20-54)70(107)51-60(48-56-34-35-57-23-9-10-24-59(57)47-56)76(112)101-64(27-11-12-31-71(85)86)79(115)102-65(29-17-44-97-84(92)93)77(113)98-61(25-15-42-95-82(88)89)52-74(110)100-63(78(114)103-66)28-16-43-96-83(90)91/h3-10,19-24,32-37,47,60-68H,2,11-18,25-31,38-46,48-52H2,1H3,(H3,85,86)(H2,87,111)(H,94,108)(H,98,113)(H,99,109)(H,100,110)(H,101,112)(H,102,115)(H,103,114)(H,104,117)(H,105,116)(H4,88,89,95)(H4,90,91,96)(H4,92,93,97). The molecule has 1 heterocycles. The van der Waals surface area contributed by atoms with Gasteiger partial charge in [-0.2, -0.15) is 0 Å². The van der Waals surface area contributed by atoms with Crippen molar-refractivity contribution in [3.05, 3.63) is 155 Å². The number of nitrogens with two attached hydrogens (primary N) is 5. The number of rotatable bonds is 42. The molecule has 0 aliphatic carbocycles. The maximum atomic E-state index is 15.6. The van der Waals surface area contributed by atoms with Crippen LogP contribution in [-0.4, -0.2) is 182 Å². The number of carbonyl (C=O) groups excluding carboxylic acids is 12. The van der Waals surface area contributed by atoms with Gasteiger partial charge in [0.2, 0.25) is 59.1 Å². The minimum atomic E-state index is -1.72. The van der Waals surface area contributed by atoms with Crippen molar-refractivity contribution in [3.8, 4) is 0 Å². The molecule has 638 valence electrons. The van der Waals surface area contributed by atoms with Gasteiger partial charge < -0.3 is 97.2 Å². The number of aryl methyl sites for hydroxylation is 1. The number of Topliss-reactive ketones (excluding diaryl/α,β-unsaturated/α-hetero) is 2. The first-order valence-electron chi connectivity index (χ1n) is 40.4. The molecule has 118 heavy (non-hydrogen) atoms. The maximum absolute atomic E-state index is 15.6. The summed E-state index contributed by atoms with van der Waals surface area (Å²) in [4.78, 5) is 174. The Bertz CT molecular complexity index is 4190. The molecule has 0 spiro atoms. The topological polar surface area (TPSA) is 584 Å². The highest BCUT2D eigenvalue weighted by molar-refractivity contribution is 5.99. The SMILES string of the molecule is CCc1ccc(C(=O)CCCOCCC(=O)NCCCCC(NC(=O)CCC2NC(=O)C(CCCNC(=N)N)NC(=O)CC(CCCNC(=N)N)NC(=O)C(CCCNC(=N)N)NC(=O)C(CCCCC(=N)N)NC(=O)C(Cc3ccc4ccccc4c3)CC(=O)C(Cc3ccccc3)NC(=O)C(Cc3ccccc3)NC2=O)C(N)=O)cc1. The van der Waals surface area contributed by atoms with E-state index in [0.717, 1.165) is 22.8 Å². The van der Waals surface area contributed by atoms with Gasteiger partial charge in [0.15, 0.2) is 29.4 Å². The average Bonchev–Trinajstić information content (AvgIpc) is 0.852. The third kappa shape index (κ3) is 36.2. The Balaban J connectivity index is 1.36. The van der Waals surface area contributed by atoms with Gasteiger partial charge in [0.05, 0.1) is 18.5 Å². The van der Waals surface area contributed by atoms with Gasteiger partial charge >= 0.3 is 0 Å². The molecule has 5 aromatic rings. The van der Waals surface area contributed by atoms with E-state index < -0.39 is 145 Å². The molecular formula is C84H119N21O13. The van der Waals surface area contributed by atoms with Crippen LogP contribution in [0, 0.1) is 27.6 Å². The van der Waals surface area contributed by atoms with Crippen molar-refractivity contribution in [1.29, 1.82) is 21.6 Å². The van der Waals surface area contributed by atoms with E-state index in [-0.39, 0.29) is 159 Å². The predicted molar refractivity (Wildman–Crippen MR) is 449 cm³/mol. The maximum Gasteiger partial charge on any atom is 0.243 e. The Labute approximate surface area is 688 Å². The van der Waals surface area contributed by atoms with Crippen LogP contribution in [-0.2, 0) is 83.2 Å². The zero-order valence-corrected chi connectivity index (χ0v) is 67.2. The van der Waals surface area contributed by atoms with Gasteiger partial charge in [0.1, 0.15) is 36.3 Å². The Morgan fingerprint density at radius 1 is 0.424 bits per heavy atom. The monoisotopic (exact) mass is 1630 g/mol. The van der Waals surface area contributed by atoms with E-state index in [1.165, 1.54) is 0 Å². The van der Waals surface area contributed by atoms with Crippen molar-refractivity contribution in [2.24, 2.45) is 34.6 Å². The van der Waals surface area contributed by atoms with E-state index in [2.05, 4.69) is 63.8 Å². The van der Waals surface area contributed by atoms with Crippen LogP contribution in [0.5, 0.6) is 0 Å². The molecule has 10 amide bonds. The van der Waals surface area contributed by atoms with Crippen molar-refractivity contribution in [2.45, 2.75) is 209 Å². The minimum absolute atomic E-state index is 0.00200. The Kier molecular flexibility index (Phi) is 41.3. The number of hydrogen-bond donors (Lipinski definition) is 21. The summed E-state index contributed by atoms with van der Waals surface area (Å²) >= 11 is 0. The summed E-state index contributed by atoms with van der Waals surface area (Å²) in [6.07, 6.45) is 0.625. The van der Waals surface area contributed by atoms with Gasteiger partial charge in [-0.1, -0.05) is 141 Å². The van der Waals surface area contributed by atoms with Gasteiger partial charge in [0.25, 0.3) is 0 Å². The molecule has 34 nitrogen and oxygen atoms in total. The third-order valence-corrected chi connectivity index (χ3v) is 20.0. The third-order valence-electron chi connectivity index (χ3n) is 20.0. The number of ether oxygens (including phenoxy) is 1. The second kappa shape index (κ2) is 51.6. The van der Waals surface area contributed by atoms with E-state index >= 15 is 28.8 Å². The van der Waals surface area contributed by atoms with Gasteiger partial charge in [-0.05, 0) is 136 Å². The van der Waals surface area contributed by atoms with E-state index in [1.807, 2.05) is 73.7 Å². The Morgan fingerprint density at radius 3 is 1.51 bits per heavy atom. The van der Waals surface area contributed by atoms with E-state index in [4.69, 9.17) is 55.0 Å². The number of unbranched alkanes of at least 4 members (excludes halogenated alkanes) is 2. The highest BCUT2D eigenvalue weighted by Crippen LogP contribution is 2.23. The van der Waals surface area contributed by atoms with Crippen LogP contribution in [0.15, 0.2) is 127 Å². The van der Waals surface area contributed by atoms with Gasteiger partial charge in [-0.3, -0.25) is 79.2 Å². The number of benzene rings is 5. The van der Waals surface area contributed by atoms with E-state index in [9.17, 15) is 28.8 Å². The molecule has 34 heteroatoms. The summed E-state index contributed by atoms with van der Waals surface area (Å²) in [5, 5.41) is 66.2. The summed E-state index contributed by atoms with van der Waals surface area (Å²) in [5.41, 5.74) is 32.0. The number of hydrogen-bond acceptors (Lipinski definition) is 17.